The normalized spacial score (nSPS) is 22.6. The summed E-state index contributed by atoms with van der Waals surface area (Å²) in [4.78, 5) is 45.5. The monoisotopic (exact) mass is 448 g/mol. The Kier molecular flexibility index (Phi) is 5.82. The molecular formula is C24H28N6O3. The van der Waals surface area contributed by atoms with Crippen molar-refractivity contribution in [2.75, 3.05) is 18.0 Å². The number of fused-ring (bicyclic) bond motifs is 1. The lowest BCUT2D eigenvalue weighted by molar-refractivity contribution is -0.136. The minimum Gasteiger partial charge on any atom is -0.355 e. The number of aromatic nitrogens is 1. The van der Waals surface area contributed by atoms with Crippen LogP contribution in [-0.4, -0.2) is 52.8 Å². The fourth-order valence-corrected chi connectivity index (χ4v) is 4.90. The first-order chi connectivity index (χ1) is 16.0. The highest BCUT2D eigenvalue weighted by molar-refractivity contribution is 6.06. The number of hydrogen-bond donors (Lipinski definition) is 3. The van der Waals surface area contributed by atoms with Gasteiger partial charge in [0.2, 0.25) is 11.8 Å². The van der Waals surface area contributed by atoms with Gasteiger partial charge in [0.05, 0.1) is 5.69 Å². The summed E-state index contributed by atoms with van der Waals surface area (Å²) in [6, 6.07) is 11.4. The average molecular weight is 449 g/mol. The molecule has 4 heterocycles. The molecule has 4 N–H and O–H groups in total. The maximum absolute atomic E-state index is 13.2. The van der Waals surface area contributed by atoms with Gasteiger partial charge in [-0.3, -0.25) is 19.7 Å². The lowest BCUT2D eigenvalue weighted by Gasteiger charge is -2.29. The number of amides is 3. The Morgan fingerprint density at radius 3 is 2.73 bits per heavy atom. The zero-order chi connectivity index (χ0) is 22.9. The second-order valence-corrected chi connectivity index (χ2v) is 8.94. The number of nitrogens with two attached hydrogens (primary N) is 1. The first-order valence-electron chi connectivity index (χ1n) is 11.4. The van der Waals surface area contributed by atoms with Gasteiger partial charge in [0.1, 0.15) is 11.9 Å². The molecular weight excluding hydrogens is 420 g/mol. The minimum atomic E-state index is -0.603. The van der Waals surface area contributed by atoms with Crippen LogP contribution in [0.25, 0.3) is 0 Å². The number of carbonyl (C=O) groups excluding carboxylic acids is 3. The van der Waals surface area contributed by atoms with Crippen LogP contribution in [0.3, 0.4) is 0 Å². The molecule has 2 unspecified atom stereocenters. The minimum absolute atomic E-state index is 0.151. The number of nitrogens with one attached hydrogen (secondary N) is 2. The number of nitrogens with zero attached hydrogens (tertiary/aromatic N) is 3. The van der Waals surface area contributed by atoms with Gasteiger partial charge in [-0.2, -0.15) is 0 Å². The van der Waals surface area contributed by atoms with Gasteiger partial charge in [-0.25, -0.2) is 4.98 Å². The van der Waals surface area contributed by atoms with Gasteiger partial charge in [-0.1, -0.05) is 24.3 Å². The lowest BCUT2D eigenvalue weighted by atomic mass is 10.0. The second-order valence-electron chi connectivity index (χ2n) is 8.94. The van der Waals surface area contributed by atoms with Gasteiger partial charge in [0.15, 0.2) is 0 Å². The molecule has 3 aliphatic rings. The van der Waals surface area contributed by atoms with Crippen molar-refractivity contribution < 1.29 is 14.4 Å². The first kappa shape index (κ1) is 21.5. The van der Waals surface area contributed by atoms with Crippen LogP contribution in [0.5, 0.6) is 0 Å². The molecule has 3 amide bonds. The number of hydrogen-bond acceptors (Lipinski definition) is 7. The summed E-state index contributed by atoms with van der Waals surface area (Å²) in [5, 5.41) is 5.75. The third kappa shape index (κ3) is 4.34. The van der Waals surface area contributed by atoms with E-state index in [1.54, 1.807) is 4.90 Å². The van der Waals surface area contributed by atoms with Crippen molar-refractivity contribution in [2.24, 2.45) is 5.73 Å². The van der Waals surface area contributed by atoms with Crippen molar-refractivity contribution in [3.05, 3.63) is 58.8 Å². The summed E-state index contributed by atoms with van der Waals surface area (Å²) in [7, 11) is 0. The smallest absolute Gasteiger partial charge is 0.255 e. The molecule has 33 heavy (non-hydrogen) atoms. The summed E-state index contributed by atoms with van der Waals surface area (Å²) in [6.45, 7) is 3.22. The Morgan fingerprint density at radius 2 is 1.94 bits per heavy atom. The standard InChI is InChI=1S/C24H28N6O3/c25-17-9-10-29(14-17)20-6-2-5-18(27-20)12-26-11-15-3-1-4-16-13-30(24(33)22(15)16)19-7-8-21(31)28-23(19)32/h1-6,17,19,26H,7-14,25H2,(H,28,31,32). The second kappa shape index (κ2) is 8.92. The van der Waals surface area contributed by atoms with E-state index in [-0.39, 0.29) is 24.3 Å². The fraction of sp³-hybridized carbons (Fsp3) is 0.417. The Morgan fingerprint density at radius 1 is 1.09 bits per heavy atom. The van der Waals surface area contributed by atoms with Crippen LogP contribution < -0.4 is 21.3 Å². The molecule has 5 rings (SSSR count). The Balaban J connectivity index is 1.24. The van der Waals surface area contributed by atoms with E-state index in [2.05, 4.69) is 15.5 Å². The van der Waals surface area contributed by atoms with Gasteiger partial charge in [0, 0.05) is 50.7 Å². The number of anilines is 1. The fourth-order valence-electron chi connectivity index (χ4n) is 4.90. The molecule has 2 aromatic rings. The van der Waals surface area contributed by atoms with Crippen molar-refractivity contribution in [1.82, 2.24) is 20.5 Å². The molecule has 2 atom stereocenters. The van der Waals surface area contributed by atoms with E-state index in [0.717, 1.165) is 42.1 Å². The van der Waals surface area contributed by atoms with Gasteiger partial charge in [0.25, 0.3) is 5.91 Å². The van der Waals surface area contributed by atoms with E-state index >= 15 is 0 Å². The molecule has 0 radical (unpaired) electrons. The molecule has 1 aromatic heterocycles. The van der Waals surface area contributed by atoms with Crippen LogP contribution in [0, 0.1) is 0 Å². The topological polar surface area (TPSA) is 121 Å². The zero-order valence-corrected chi connectivity index (χ0v) is 18.4. The molecule has 172 valence electrons. The molecule has 0 saturated carbocycles. The number of imide groups is 1. The van der Waals surface area contributed by atoms with Crippen molar-refractivity contribution >= 4 is 23.5 Å². The Labute approximate surface area is 192 Å². The summed E-state index contributed by atoms with van der Waals surface area (Å²) < 4.78 is 0. The van der Waals surface area contributed by atoms with Crippen LogP contribution in [0.4, 0.5) is 5.82 Å². The predicted molar refractivity (Wildman–Crippen MR) is 122 cm³/mol. The summed E-state index contributed by atoms with van der Waals surface area (Å²) >= 11 is 0. The zero-order valence-electron chi connectivity index (χ0n) is 18.4. The van der Waals surface area contributed by atoms with Crippen molar-refractivity contribution in [3.63, 3.8) is 0 Å². The SMILES string of the molecule is NC1CCN(c2cccc(CNCc3cccc4c3C(=O)N(C3CCC(=O)NC3=O)C4)n2)C1. The number of pyridine rings is 1. The molecule has 0 aliphatic carbocycles. The van der Waals surface area contributed by atoms with Crippen molar-refractivity contribution in [1.29, 1.82) is 0 Å². The number of carbonyl (C=O) groups is 3. The van der Waals surface area contributed by atoms with E-state index in [0.29, 0.717) is 31.6 Å². The Hall–Kier alpha value is -3.30. The number of benzene rings is 1. The van der Waals surface area contributed by atoms with E-state index in [1.807, 2.05) is 36.4 Å². The molecule has 0 spiro atoms. The number of rotatable bonds is 6. The lowest BCUT2D eigenvalue weighted by Crippen LogP contribution is -2.52. The predicted octanol–water partition coefficient (Wildman–Crippen LogP) is 0.670. The van der Waals surface area contributed by atoms with E-state index < -0.39 is 11.9 Å². The van der Waals surface area contributed by atoms with Crippen LogP contribution in [0.2, 0.25) is 0 Å². The molecule has 2 fully saturated rings. The summed E-state index contributed by atoms with van der Waals surface area (Å²) in [5.74, 6) is 0.118. The van der Waals surface area contributed by atoms with Gasteiger partial charge in [-0.05, 0) is 36.1 Å². The summed E-state index contributed by atoms with van der Waals surface area (Å²) in [6.07, 6.45) is 1.59. The van der Waals surface area contributed by atoms with Crippen LogP contribution in [-0.2, 0) is 29.2 Å². The Bertz CT molecular complexity index is 1100. The maximum atomic E-state index is 13.2. The molecule has 0 bridgehead atoms. The van der Waals surface area contributed by atoms with E-state index in [9.17, 15) is 14.4 Å². The van der Waals surface area contributed by atoms with E-state index in [1.165, 1.54) is 0 Å². The van der Waals surface area contributed by atoms with Gasteiger partial charge in [-0.15, -0.1) is 0 Å². The summed E-state index contributed by atoms with van der Waals surface area (Å²) in [5.41, 5.74) is 9.41. The molecule has 9 heteroatoms. The number of piperidine rings is 1. The van der Waals surface area contributed by atoms with Crippen molar-refractivity contribution in [2.45, 2.75) is 51.0 Å². The van der Waals surface area contributed by atoms with Gasteiger partial charge >= 0.3 is 0 Å². The first-order valence-corrected chi connectivity index (χ1v) is 11.4. The molecule has 3 aliphatic heterocycles. The van der Waals surface area contributed by atoms with Crippen molar-refractivity contribution in [3.8, 4) is 0 Å². The maximum Gasteiger partial charge on any atom is 0.255 e. The van der Waals surface area contributed by atoms with Crippen LogP contribution in [0.15, 0.2) is 36.4 Å². The molecule has 1 aromatic carbocycles. The third-order valence-electron chi connectivity index (χ3n) is 6.60. The van der Waals surface area contributed by atoms with Crippen LogP contribution in [0.1, 0.15) is 46.4 Å². The largest absolute Gasteiger partial charge is 0.355 e. The van der Waals surface area contributed by atoms with Gasteiger partial charge < -0.3 is 20.9 Å². The quantitative estimate of drug-likeness (QED) is 0.556. The highest BCUT2D eigenvalue weighted by atomic mass is 16.2. The highest BCUT2D eigenvalue weighted by Gasteiger charge is 2.39. The molecule has 9 nitrogen and oxygen atoms in total. The van der Waals surface area contributed by atoms with Crippen LogP contribution >= 0.6 is 0 Å². The highest BCUT2D eigenvalue weighted by Crippen LogP contribution is 2.30. The third-order valence-corrected chi connectivity index (χ3v) is 6.60. The van der Waals surface area contributed by atoms with E-state index in [4.69, 9.17) is 10.7 Å². The molecule has 2 saturated heterocycles. The average Bonchev–Trinajstić information content (AvgIpc) is 3.38.